The molecule has 1 fully saturated rings. The second-order valence-corrected chi connectivity index (χ2v) is 6.67. The summed E-state index contributed by atoms with van der Waals surface area (Å²) in [5, 5.41) is 19.6. The Balaban J connectivity index is 2.30. The number of halogens is 1. The number of nitrogens with two attached hydrogens (primary N) is 2. The lowest BCUT2D eigenvalue weighted by Crippen LogP contribution is -2.50. The van der Waals surface area contributed by atoms with Crippen LogP contribution in [0.25, 0.3) is 0 Å². The average molecular weight is 360 g/mol. The van der Waals surface area contributed by atoms with Crippen molar-refractivity contribution in [1.82, 2.24) is 9.55 Å². The van der Waals surface area contributed by atoms with Crippen LogP contribution in [0.1, 0.15) is 27.0 Å². The maximum absolute atomic E-state index is 15.4. The number of aromatic nitrogens is 2. The fourth-order valence-electron chi connectivity index (χ4n) is 2.75. The maximum Gasteiger partial charge on any atom is 0.351 e. The number of hydrogen-bond acceptors (Lipinski definition) is 8. The van der Waals surface area contributed by atoms with Crippen LogP contribution in [-0.2, 0) is 9.47 Å². The molecule has 1 aliphatic rings. The Morgan fingerprint density at radius 2 is 2.20 bits per heavy atom. The summed E-state index contributed by atoms with van der Waals surface area (Å²) in [5.74, 6) is -0.125. The first-order valence-corrected chi connectivity index (χ1v) is 7.98. The van der Waals surface area contributed by atoms with E-state index < -0.39 is 48.7 Å². The minimum atomic E-state index is -2.24. The van der Waals surface area contributed by atoms with Crippen molar-refractivity contribution in [2.45, 2.75) is 57.2 Å². The summed E-state index contributed by atoms with van der Waals surface area (Å²) in [5.41, 5.74) is 8.21. The minimum absolute atomic E-state index is 0.00959. The van der Waals surface area contributed by atoms with Crippen molar-refractivity contribution in [3.63, 3.8) is 0 Å². The highest BCUT2D eigenvalue weighted by Gasteiger charge is 2.57. The molecule has 6 atom stereocenters. The van der Waals surface area contributed by atoms with Gasteiger partial charge in [-0.2, -0.15) is 4.98 Å². The fraction of sp³-hybridized carbons (Fsp3) is 0.733. The number of hydrogen-bond donors (Lipinski definition) is 4. The van der Waals surface area contributed by atoms with E-state index in [1.165, 1.54) is 12.3 Å². The Morgan fingerprint density at radius 3 is 2.72 bits per heavy atom. The first kappa shape index (κ1) is 19.7. The molecule has 3 unspecified atom stereocenters. The molecule has 10 heteroatoms. The monoisotopic (exact) mass is 360 g/mol. The molecule has 0 spiro atoms. The normalized spacial score (nSPS) is 32.1. The highest BCUT2D eigenvalue weighted by molar-refractivity contribution is 5.23. The third-order valence-corrected chi connectivity index (χ3v) is 4.35. The molecule has 2 heterocycles. The summed E-state index contributed by atoms with van der Waals surface area (Å²) in [7, 11) is 0. The van der Waals surface area contributed by atoms with Crippen LogP contribution in [0.5, 0.6) is 0 Å². The highest BCUT2D eigenvalue weighted by atomic mass is 19.1. The third kappa shape index (κ3) is 3.82. The highest BCUT2D eigenvalue weighted by Crippen LogP contribution is 2.42. The number of anilines is 1. The molecule has 0 aromatic carbocycles. The largest absolute Gasteiger partial charge is 0.394 e. The summed E-state index contributed by atoms with van der Waals surface area (Å²) in [4.78, 5) is 15.5. The molecule has 1 aliphatic heterocycles. The topological polar surface area (TPSA) is 146 Å². The van der Waals surface area contributed by atoms with Crippen LogP contribution in [0.15, 0.2) is 17.1 Å². The summed E-state index contributed by atoms with van der Waals surface area (Å²) >= 11 is 0. The molecule has 0 saturated carbocycles. The Kier molecular flexibility index (Phi) is 5.79. The number of rotatable bonds is 6. The molecular weight excluding hydrogens is 335 g/mol. The van der Waals surface area contributed by atoms with Crippen molar-refractivity contribution < 1.29 is 24.1 Å². The van der Waals surface area contributed by atoms with E-state index in [4.69, 9.17) is 20.9 Å². The molecule has 0 aliphatic carbocycles. The van der Waals surface area contributed by atoms with Gasteiger partial charge in [0, 0.05) is 6.20 Å². The summed E-state index contributed by atoms with van der Waals surface area (Å²) < 4.78 is 27.2. The first-order chi connectivity index (χ1) is 11.6. The number of nitrogens with zero attached hydrogens (tertiary/aromatic N) is 2. The predicted molar refractivity (Wildman–Crippen MR) is 87.1 cm³/mol. The van der Waals surface area contributed by atoms with Gasteiger partial charge in [0.05, 0.1) is 12.6 Å². The van der Waals surface area contributed by atoms with Crippen LogP contribution in [0.3, 0.4) is 0 Å². The van der Waals surface area contributed by atoms with Gasteiger partial charge < -0.3 is 31.2 Å². The van der Waals surface area contributed by atoms with Gasteiger partial charge in [-0.25, -0.2) is 9.18 Å². The van der Waals surface area contributed by atoms with Crippen LogP contribution >= 0.6 is 0 Å². The van der Waals surface area contributed by atoms with Crippen molar-refractivity contribution in [3.8, 4) is 0 Å². The molecule has 1 aromatic rings. The Bertz CT molecular complexity index is 653. The van der Waals surface area contributed by atoms with E-state index >= 15 is 4.39 Å². The zero-order chi connectivity index (χ0) is 18.9. The van der Waals surface area contributed by atoms with E-state index in [1.807, 2.05) is 0 Å². The summed E-state index contributed by atoms with van der Waals surface area (Å²) in [6.07, 6.45) is -4.05. The van der Waals surface area contributed by atoms with Gasteiger partial charge in [-0.05, 0) is 18.9 Å². The molecule has 142 valence electrons. The Hall–Kier alpha value is -1.59. The summed E-state index contributed by atoms with van der Waals surface area (Å²) in [6, 6.07) is 0.571. The van der Waals surface area contributed by atoms with Gasteiger partial charge in [-0.1, -0.05) is 13.8 Å². The van der Waals surface area contributed by atoms with Crippen molar-refractivity contribution in [3.05, 3.63) is 22.7 Å². The zero-order valence-electron chi connectivity index (χ0n) is 14.4. The lowest BCUT2D eigenvalue weighted by molar-refractivity contribution is -0.190. The van der Waals surface area contributed by atoms with Crippen molar-refractivity contribution in [2.24, 2.45) is 11.7 Å². The maximum atomic E-state index is 15.4. The van der Waals surface area contributed by atoms with Gasteiger partial charge in [-0.3, -0.25) is 4.57 Å². The molecule has 1 aromatic heterocycles. The molecular formula is C15H25FN4O5. The lowest BCUT2D eigenvalue weighted by Gasteiger charge is -2.32. The SMILES string of the molecule is CC(C)C(N)C(O)O[C@H]1[C@@H](CO)O[C@@H](n2ccc(N)nc2=O)C1(C)F. The molecule has 0 radical (unpaired) electrons. The van der Waals surface area contributed by atoms with Crippen LogP contribution in [0, 0.1) is 5.92 Å². The number of ether oxygens (including phenoxy) is 2. The number of alkyl halides is 1. The Labute approximate surface area is 144 Å². The van der Waals surface area contributed by atoms with Gasteiger partial charge in [0.2, 0.25) is 0 Å². The van der Waals surface area contributed by atoms with E-state index in [1.54, 1.807) is 13.8 Å². The fourth-order valence-corrected chi connectivity index (χ4v) is 2.75. The summed E-state index contributed by atoms with van der Waals surface area (Å²) in [6.45, 7) is 4.15. The van der Waals surface area contributed by atoms with E-state index in [0.29, 0.717) is 0 Å². The minimum Gasteiger partial charge on any atom is -0.394 e. The van der Waals surface area contributed by atoms with Crippen molar-refractivity contribution in [1.29, 1.82) is 0 Å². The average Bonchev–Trinajstić information content (AvgIpc) is 2.77. The van der Waals surface area contributed by atoms with Crippen LogP contribution in [-0.4, -0.2) is 56.6 Å². The van der Waals surface area contributed by atoms with Crippen LogP contribution < -0.4 is 17.2 Å². The molecule has 9 nitrogen and oxygen atoms in total. The number of aliphatic hydroxyl groups is 2. The van der Waals surface area contributed by atoms with Gasteiger partial charge in [0.1, 0.15) is 18.0 Å². The molecule has 25 heavy (non-hydrogen) atoms. The van der Waals surface area contributed by atoms with E-state index in [9.17, 15) is 15.0 Å². The predicted octanol–water partition coefficient (Wildman–Crippen LogP) is -0.870. The molecule has 0 amide bonds. The van der Waals surface area contributed by atoms with Crippen molar-refractivity contribution >= 4 is 5.82 Å². The number of nitrogen functional groups attached to an aromatic ring is 1. The lowest BCUT2D eigenvalue weighted by atomic mass is 9.97. The van der Waals surface area contributed by atoms with E-state index in [2.05, 4.69) is 4.98 Å². The first-order valence-electron chi connectivity index (χ1n) is 7.98. The second-order valence-electron chi connectivity index (χ2n) is 6.67. The quantitative estimate of drug-likeness (QED) is 0.479. The van der Waals surface area contributed by atoms with Crippen LogP contribution in [0.2, 0.25) is 0 Å². The molecule has 0 bridgehead atoms. The molecule has 6 N–H and O–H groups in total. The standard InChI is InChI=1S/C15H25FN4O5/c1-7(2)10(18)12(22)25-11-8(6-21)24-13(15(11,3)16)20-5-4-9(17)19-14(20)23/h4-5,7-8,10-13,21-22H,6,18H2,1-3H3,(H2,17,19,23)/t8-,10?,11+,12?,13-,15?/m1/s1. The Morgan fingerprint density at radius 1 is 1.56 bits per heavy atom. The van der Waals surface area contributed by atoms with Gasteiger partial charge in [-0.15, -0.1) is 0 Å². The smallest absolute Gasteiger partial charge is 0.351 e. The third-order valence-electron chi connectivity index (χ3n) is 4.35. The second kappa shape index (κ2) is 7.34. The van der Waals surface area contributed by atoms with E-state index in [0.717, 1.165) is 11.5 Å². The van der Waals surface area contributed by atoms with Gasteiger partial charge in [0.15, 0.2) is 18.2 Å². The molecule has 2 rings (SSSR count). The molecule has 1 saturated heterocycles. The van der Waals surface area contributed by atoms with Crippen LogP contribution in [0.4, 0.5) is 10.2 Å². The van der Waals surface area contributed by atoms with Gasteiger partial charge >= 0.3 is 5.69 Å². The van der Waals surface area contributed by atoms with Crippen molar-refractivity contribution in [2.75, 3.05) is 12.3 Å². The van der Waals surface area contributed by atoms with Gasteiger partial charge in [0.25, 0.3) is 0 Å². The number of aliphatic hydroxyl groups excluding tert-OH is 2. The van der Waals surface area contributed by atoms with E-state index in [-0.39, 0.29) is 11.7 Å². The zero-order valence-corrected chi connectivity index (χ0v) is 14.4.